The van der Waals surface area contributed by atoms with Crippen molar-refractivity contribution in [2.75, 3.05) is 12.0 Å². The standard InChI is InChI=1S/C18H16N6O3/c25-14-6-7-24-15(16(14)27-11-12-4-2-1-3-5-12)18(26)22-8-9-23-13(10-19-21-23)17(22)20-24/h1-7,10,17,20H,8-9,11H2. The van der Waals surface area contributed by atoms with Crippen LogP contribution in [0.5, 0.6) is 5.75 Å². The van der Waals surface area contributed by atoms with Gasteiger partial charge in [-0.25, -0.2) is 4.68 Å². The molecule has 27 heavy (non-hydrogen) atoms. The van der Waals surface area contributed by atoms with Gasteiger partial charge in [0, 0.05) is 18.8 Å². The Morgan fingerprint density at radius 3 is 2.85 bits per heavy atom. The molecule has 0 radical (unpaired) electrons. The Kier molecular flexibility index (Phi) is 3.46. The number of aromatic nitrogens is 4. The predicted molar refractivity (Wildman–Crippen MR) is 94.6 cm³/mol. The third-order valence-electron chi connectivity index (χ3n) is 4.80. The Labute approximate surface area is 153 Å². The van der Waals surface area contributed by atoms with Gasteiger partial charge in [0.2, 0.25) is 5.43 Å². The number of pyridine rings is 1. The molecule has 2 aromatic heterocycles. The maximum atomic E-state index is 13.2. The van der Waals surface area contributed by atoms with E-state index in [4.69, 9.17) is 4.74 Å². The number of carbonyl (C=O) groups excluding carboxylic acids is 1. The number of amides is 1. The van der Waals surface area contributed by atoms with Crippen LogP contribution in [0.25, 0.3) is 0 Å². The summed E-state index contributed by atoms with van der Waals surface area (Å²) in [6.07, 6.45) is 2.79. The van der Waals surface area contributed by atoms with Crippen molar-refractivity contribution in [3.8, 4) is 5.75 Å². The van der Waals surface area contributed by atoms with Gasteiger partial charge in [-0.2, -0.15) is 0 Å². The van der Waals surface area contributed by atoms with Crippen LogP contribution < -0.4 is 15.6 Å². The molecule has 9 heteroatoms. The average Bonchev–Trinajstić information content (AvgIpc) is 3.18. The van der Waals surface area contributed by atoms with Gasteiger partial charge in [-0.3, -0.25) is 19.7 Å². The zero-order chi connectivity index (χ0) is 18.4. The lowest BCUT2D eigenvalue weighted by atomic mass is 10.1. The van der Waals surface area contributed by atoms with E-state index in [-0.39, 0.29) is 29.4 Å². The van der Waals surface area contributed by atoms with Crippen LogP contribution in [0, 0.1) is 0 Å². The number of nitrogens with zero attached hydrogens (tertiary/aromatic N) is 5. The normalized spacial score (nSPS) is 17.6. The smallest absolute Gasteiger partial charge is 0.278 e. The van der Waals surface area contributed by atoms with Crippen molar-refractivity contribution in [2.24, 2.45) is 0 Å². The van der Waals surface area contributed by atoms with Gasteiger partial charge in [0.25, 0.3) is 5.91 Å². The molecular formula is C18H16N6O3. The molecule has 0 fully saturated rings. The highest BCUT2D eigenvalue weighted by molar-refractivity contribution is 5.96. The summed E-state index contributed by atoms with van der Waals surface area (Å²) in [6, 6.07) is 10.9. The lowest BCUT2D eigenvalue weighted by Gasteiger charge is -2.41. The summed E-state index contributed by atoms with van der Waals surface area (Å²) >= 11 is 0. The van der Waals surface area contributed by atoms with E-state index in [0.717, 1.165) is 11.3 Å². The number of ether oxygens (including phenoxy) is 1. The van der Waals surface area contributed by atoms with Crippen molar-refractivity contribution in [3.63, 3.8) is 0 Å². The van der Waals surface area contributed by atoms with Crippen LogP contribution in [0.15, 0.2) is 53.6 Å². The number of carbonyl (C=O) groups is 1. The Hall–Kier alpha value is -3.62. The molecule has 1 amide bonds. The second-order valence-electron chi connectivity index (χ2n) is 6.41. The molecule has 9 nitrogen and oxygen atoms in total. The fourth-order valence-corrected chi connectivity index (χ4v) is 3.46. The van der Waals surface area contributed by atoms with Crippen LogP contribution in [0.4, 0.5) is 0 Å². The maximum absolute atomic E-state index is 13.2. The number of nitrogens with one attached hydrogen (secondary N) is 1. The molecule has 1 N–H and O–H groups in total. The van der Waals surface area contributed by atoms with E-state index in [0.29, 0.717) is 13.1 Å². The highest BCUT2D eigenvalue weighted by atomic mass is 16.5. The van der Waals surface area contributed by atoms with Crippen LogP contribution in [0.1, 0.15) is 27.9 Å². The molecular weight excluding hydrogens is 348 g/mol. The minimum Gasteiger partial charge on any atom is -0.482 e. The first-order chi connectivity index (χ1) is 13.2. The second kappa shape index (κ2) is 5.97. The summed E-state index contributed by atoms with van der Waals surface area (Å²) in [5.41, 5.74) is 4.83. The predicted octanol–water partition coefficient (Wildman–Crippen LogP) is 0.730. The molecule has 2 aliphatic rings. The molecule has 2 aliphatic heterocycles. The third kappa shape index (κ3) is 2.47. The van der Waals surface area contributed by atoms with Gasteiger partial charge in [0.05, 0.1) is 12.7 Å². The molecule has 0 spiro atoms. The number of rotatable bonds is 3. The van der Waals surface area contributed by atoms with Crippen molar-refractivity contribution < 1.29 is 9.53 Å². The average molecular weight is 364 g/mol. The minimum atomic E-state index is -0.391. The van der Waals surface area contributed by atoms with E-state index in [1.807, 2.05) is 30.3 Å². The zero-order valence-electron chi connectivity index (χ0n) is 14.3. The molecule has 1 unspecified atom stereocenters. The van der Waals surface area contributed by atoms with Crippen molar-refractivity contribution >= 4 is 5.91 Å². The zero-order valence-corrected chi connectivity index (χ0v) is 14.3. The van der Waals surface area contributed by atoms with Gasteiger partial charge >= 0.3 is 0 Å². The van der Waals surface area contributed by atoms with E-state index in [1.54, 1.807) is 26.7 Å². The number of fused-ring (bicyclic) bond motifs is 4. The van der Waals surface area contributed by atoms with Gasteiger partial charge in [-0.05, 0) is 5.56 Å². The maximum Gasteiger partial charge on any atom is 0.278 e. The van der Waals surface area contributed by atoms with Gasteiger partial charge < -0.3 is 9.64 Å². The molecule has 0 bridgehead atoms. The summed E-state index contributed by atoms with van der Waals surface area (Å²) in [7, 11) is 0. The SMILES string of the molecule is O=C1c2c(OCc3ccccc3)c(=O)ccn2NC2c3cnnn3CCN12. The van der Waals surface area contributed by atoms with E-state index in [1.165, 1.54) is 6.07 Å². The molecule has 1 atom stereocenters. The van der Waals surface area contributed by atoms with Crippen LogP contribution in [0.3, 0.4) is 0 Å². The lowest BCUT2D eigenvalue weighted by molar-refractivity contribution is 0.0568. The topological polar surface area (TPSA) is 94.3 Å². The van der Waals surface area contributed by atoms with Crippen molar-refractivity contribution in [2.45, 2.75) is 19.3 Å². The first kappa shape index (κ1) is 15.6. The first-order valence-electron chi connectivity index (χ1n) is 8.60. The highest BCUT2D eigenvalue weighted by Gasteiger charge is 2.39. The molecule has 1 aromatic carbocycles. The molecule has 0 saturated heterocycles. The van der Waals surface area contributed by atoms with Crippen LogP contribution in [-0.4, -0.2) is 37.0 Å². The Morgan fingerprint density at radius 1 is 1.15 bits per heavy atom. The van der Waals surface area contributed by atoms with E-state index >= 15 is 0 Å². The fourth-order valence-electron chi connectivity index (χ4n) is 3.46. The Bertz CT molecular complexity index is 1070. The van der Waals surface area contributed by atoms with E-state index in [9.17, 15) is 9.59 Å². The molecule has 5 rings (SSSR count). The molecule has 0 saturated carbocycles. The second-order valence-corrected chi connectivity index (χ2v) is 6.41. The van der Waals surface area contributed by atoms with E-state index in [2.05, 4.69) is 15.7 Å². The van der Waals surface area contributed by atoms with Gasteiger partial charge in [0.1, 0.15) is 12.3 Å². The first-order valence-corrected chi connectivity index (χ1v) is 8.60. The minimum absolute atomic E-state index is 0.0505. The Morgan fingerprint density at radius 2 is 2.00 bits per heavy atom. The molecule has 136 valence electrons. The monoisotopic (exact) mass is 364 g/mol. The largest absolute Gasteiger partial charge is 0.482 e. The summed E-state index contributed by atoms with van der Waals surface area (Å²) < 4.78 is 9.09. The van der Waals surface area contributed by atoms with E-state index < -0.39 is 6.17 Å². The summed E-state index contributed by atoms with van der Waals surface area (Å²) in [4.78, 5) is 27.2. The van der Waals surface area contributed by atoms with Gasteiger partial charge in [-0.15, -0.1) is 5.10 Å². The van der Waals surface area contributed by atoms with Gasteiger partial charge in [-0.1, -0.05) is 35.5 Å². The number of hydrogen-bond acceptors (Lipinski definition) is 6. The quantitative estimate of drug-likeness (QED) is 0.736. The number of benzene rings is 1. The lowest BCUT2D eigenvalue weighted by Crippen LogP contribution is -2.52. The van der Waals surface area contributed by atoms with Crippen molar-refractivity contribution in [1.82, 2.24) is 24.6 Å². The third-order valence-corrected chi connectivity index (χ3v) is 4.80. The molecule has 3 aromatic rings. The number of hydrogen-bond donors (Lipinski definition) is 1. The molecule has 0 aliphatic carbocycles. The Balaban J connectivity index is 1.53. The van der Waals surface area contributed by atoms with Crippen LogP contribution in [0.2, 0.25) is 0 Å². The van der Waals surface area contributed by atoms with Crippen molar-refractivity contribution in [1.29, 1.82) is 0 Å². The summed E-state index contributed by atoms with van der Waals surface area (Å²) in [5, 5.41) is 7.95. The van der Waals surface area contributed by atoms with Crippen LogP contribution >= 0.6 is 0 Å². The van der Waals surface area contributed by atoms with Crippen LogP contribution in [-0.2, 0) is 13.2 Å². The molecule has 4 heterocycles. The highest BCUT2D eigenvalue weighted by Crippen LogP contribution is 2.30. The van der Waals surface area contributed by atoms with Gasteiger partial charge in [0.15, 0.2) is 17.6 Å². The summed E-state index contributed by atoms with van der Waals surface area (Å²) in [5.74, 6) is -0.207. The van der Waals surface area contributed by atoms with Crippen molar-refractivity contribution in [3.05, 3.63) is 76.0 Å². The summed E-state index contributed by atoms with van der Waals surface area (Å²) in [6.45, 7) is 1.23. The fraction of sp³-hybridized carbons (Fsp3) is 0.222.